The van der Waals surface area contributed by atoms with Crippen LogP contribution in [0.4, 0.5) is 0 Å². The lowest BCUT2D eigenvalue weighted by Gasteiger charge is -2.32. The smallest absolute Gasteiger partial charge is 0.122 e. The van der Waals surface area contributed by atoms with Gasteiger partial charge in [0.15, 0.2) is 0 Å². The van der Waals surface area contributed by atoms with Crippen LogP contribution in [-0.2, 0) is 6.54 Å². The Hall–Kier alpha value is -3.56. The van der Waals surface area contributed by atoms with Crippen LogP contribution in [0.5, 0.6) is 11.5 Å². The summed E-state index contributed by atoms with van der Waals surface area (Å²) in [4.78, 5) is 2.59. The Bertz CT molecular complexity index is 1210. The summed E-state index contributed by atoms with van der Waals surface area (Å²) in [7, 11) is 1.76. The second-order valence-electron chi connectivity index (χ2n) is 9.86. The van der Waals surface area contributed by atoms with Crippen LogP contribution in [0.1, 0.15) is 61.4 Å². The van der Waals surface area contributed by atoms with Gasteiger partial charge in [0, 0.05) is 24.1 Å². The van der Waals surface area contributed by atoms with Crippen LogP contribution in [0.25, 0.3) is 0 Å². The molecule has 0 aliphatic carbocycles. The van der Waals surface area contributed by atoms with Crippen molar-refractivity contribution in [3.63, 3.8) is 0 Å². The van der Waals surface area contributed by atoms with E-state index < -0.39 is 0 Å². The van der Waals surface area contributed by atoms with Crippen LogP contribution in [0.3, 0.4) is 0 Å². The monoisotopic (exact) mass is 493 g/mol. The molecule has 0 aliphatic rings. The van der Waals surface area contributed by atoms with Crippen LogP contribution in [-0.4, -0.2) is 24.7 Å². The van der Waals surface area contributed by atoms with E-state index in [-0.39, 0.29) is 12.0 Å². The summed E-state index contributed by atoms with van der Waals surface area (Å²) >= 11 is 0. The van der Waals surface area contributed by atoms with Crippen molar-refractivity contribution in [2.75, 3.05) is 13.7 Å². The third-order valence-corrected chi connectivity index (χ3v) is 6.93. The third kappa shape index (κ3) is 7.24. The van der Waals surface area contributed by atoms with Crippen LogP contribution >= 0.6 is 0 Å². The molecule has 0 heterocycles. The van der Waals surface area contributed by atoms with Gasteiger partial charge in [0.05, 0.1) is 13.2 Å². The van der Waals surface area contributed by atoms with E-state index in [0.29, 0.717) is 6.04 Å². The predicted octanol–water partition coefficient (Wildman–Crippen LogP) is 8.27. The van der Waals surface area contributed by atoms with Gasteiger partial charge in [-0.25, -0.2) is 0 Å². The van der Waals surface area contributed by atoms with Crippen molar-refractivity contribution in [3.05, 3.63) is 131 Å². The fraction of sp³-hybridized carbons (Fsp3) is 0.294. The van der Waals surface area contributed by atoms with Gasteiger partial charge in [-0.1, -0.05) is 91.0 Å². The molecule has 4 aromatic rings. The van der Waals surface area contributed by atoms with E-state index in [1.807, 2.05) is 6.07 Å². The molecular weight excluding hydrogens is 454 g/mol. The van der Waals surface area contributed by atoms with Crippen molar-refractivity contribution in [2.24, 2.45) is 0 Å². The minimum atomic E-state index is 0.155. The van der Waals surface area contributed by atoms with Crippen molar-refractivity contribution in [2.45, 2.75) is 51.8 Å². The number of hydrogen-bond donors (Lipinski definition) is 0. The zero-order valence-corrected chi connectivity index (χ0v) is 22.5. The quantitative estimate of drug-likeness (QED) is 0.198. The molecule has 0 radical (unpaired) electrons. The highest BCUT2D eigenvalue weighted by Crippen LogP contribution is 2.36. The normalized spacial score (nSPS) is 12.9. The molecular formula is C34H39NO2. The van der Waals surface area contributed by atoms with E-state index in [1.54, 1.807) is 7.11 Å². The summed E-state index contributed by atoms with van der Waals surface area (Å²) in [5.74, 6) is 2.03. The molecule has 0 saturated heterocycles. The fourth-order valence-corrected chi connectivity index (χ4v) is 4.97. The topological polar surface area (TPSA) is 21.7 Å². The molecule has 0 aromatic heterocycles. The van der Waals surface area contributed by atoms with E-state index in [9.17, 15) is 0 Å². The molecule has 37 heavy (non-hydrogen) atoms. The Morgan fingerprint density at radius 2 is 1.30 bits per heavy atom. The van der Waals surface area contributed by atoms with Gasteiger partial charge in [0.25, 0.3) is 0 Å². The number of rotatable bonds is 12. The lowest BCUT2D eigenvalue weighted by molar-refractivity contribution is 0.196. The van der Waals surface area contributed by atoms with Crippen molar-refractivity contribution >= 4 is 0 Å². The highest BCUT2D eigenvalue weighted by Gasteiger charge is 2.22. The average molecular weight is 494 g/mol. The van der Waals surface area contributed by atoms with Gasteiger partial charge < -0.3 is 9.47 Å². The number of nitrogens with zero attached hydrogens (tertiary/aromatic N) is 1. The Morgan fingerprint density at radius 1 is 0.676 bits per heavy atom. The molecule has 3 heteroatoms. The molecule has 192 valence electrons. The number of ether oxygens (including phenoxy) is 2. The summed E-state index contributed by atoms with van der Waals surface area (Å²) in [6.07, 6.45) is 1.12. The van der Waals surface area contributed by atoms with E-state index >= 15 is 0 Å². The van der Waals surface area contributed by atoms with E-state index in [4.69, 9.17) is 9.47 Å². The maximum absolute atomic E-state index is 5.91. The SMILES string of the molecule is COc1ccccc1C(CCN(Cc1ccccc1)C(C)c1ccccc1)c1ccc(OC(C)C)cc1. The van der Waals surface area contributed by atoms with Gasteiger partial charge in [-0.2, -0.15) is 0 Å². The molecule has 0 amide bonds. The Kier molecular flexibility index (Phi) is 9.40. The number of para-hydroxylation sites is 1. The highest BCUT2D eigenvalue weighted by atomic mass is 16.5. The second-order valence-corrected chi connectivity index (χ2v) is 9.86. The van der Waals surface area contributed by atoms with E-state index in [1.165, 1.54) is 22.3 Å². The lowest BCUT2D eigenvalue weighted by Crippen LogP contribution is -2.29. The molecule has 0 spiro atoms. The molecule has 0 N–H and O–H groups in total. The molecule has 0 aliphatic heterocycles. The van der Waals surface area contributed by atoms with Gasteiger partial charge in [-0.15, -0.1) is 0 Å². The zero-order valence-electron chi connectivity index (χ0n) is 22.5. The molecule has 2 atom stereocenters. The molecule has 0 bridgehead atoms. The van der Waals surface area contributed by atoms with E-state index in [2.05, 4.69) is 129 Å². The van der Waals surface area contributed by atoms with Crippen molar-refractivity contribution in [3.8, 4) is 11.5 Å². The van der Waals surface area contributed by atoms with Crippen molar-refractivity contribution < 1.29 is 9.47 Å². The predicted molar refractivity (Wildman–Crippen MR) is 153 cm³/mol. The molecule has 0 saturated carbocycles. The largest absolute Gasteiger partial charge is 0.496 e. The second kappa shape index (κ2) is 13.1. The van der Waals surface area contributed by atoms with Crippen LogP contribution in [0.15, 0.2) is 109 Å². The minimum Gasteiger partial charge on any atom is -0.496 e. The summed E-state index contributed by atoms with van der Waals surface area (Å²) < 4.78 is 11.7. The molecule has 3 nitrogen and oxygen atoms in total. The molecule has 4 rings (SSSR count). The molecule has 2 unspecified atom stereocenters. The van der Waals surface area contributed by atoms with Gasteiger partial charge in [-0.3, -0.25) is 4.90 Å². The first kappa shape index (κ1) is 26.5. The number of benzene rings is 4. The van der Waals surface area contributed by atoms with Crippen molar-refractivity contribution in [1.82, 2.24) is 4.90 Å². The lowest BCUT2D eigenvalue weighted by atomic mass is 9.87. The van der Waals surface area contributed by atoms with E-state index in [0.717, 1.165) is 31.0 Å². The van der Waals surface area contributed by atoms with Crippen LogP contribution < -0.4 is 9.47 Å². The summed E-state index contributed by atoms with van der Waals surface area (Å²) in [6, 6.07) is 38.9. The number of methoxy groups -OCH3 is 1. The summed E-state index contributed by atoms with van der Waals surface area (Å²) in [5.41, 5.74) is 5.15. The first-order valence-corrected chi connectivity index (χ1v) is 13.3. The summed E-state index contributed by atoms with van der Waals surface area (Å²) in [5, 5.41) is 0. The highest BCUT2D eigenvalue weighted by molar-refractivity contribution is 5.43. The Labute approximate surface area is 222 Å². The maximum Gasteiger partial charge on any atom is 0.122 e. The standard InChI is InChI=1S/C34H39NO2/c1-26(2)37-31-21-19-30(20-22-31)32(33-17-11-12-18-34(33)36-4)23-24-35(25-28-13-7-5-8-14-28)27(3)29-15-9-6-10-16-29/h5-22,26-27,32H,23-25H2,1-4H3. The van der Waals surface area contributed by atoms with Crippen molar-refractivity contribution in [1.29, 1.82) is 0 Å². The van der Waals surface area contributed by atoms with Gasteiger partial charge in [0.2, 0.25) is 0 Å². The fourth-order valence-electron chi connectivity index (χ4n) is 4.97. The molecule has 4 aromatic carbocycles. The first-order valence-electron chi connectivity index (χ1n) is 13.3. The van der Waals surface area contributed by atoms with Crippen LogP contribution in [0, 0.1) is 0 Å². The minimum absolute atomic E-state index is 0.155. The molecule has 0 fully saturated rings. The Balaban J connectivity index is 1.64. The van der Waals surface area contributed by atoms with Crippen LogP contribution in [0.2, 0.25) is 0 Å². The number of hydrogen-bond acceptors (Lipinski definition) is 3. The third-order valence-electron chi connectivity index (χ3n) is 6.93. The first-order chi connectivity index (χ1) is 18.0. The van der Waals surface area contributed by atoms with Gasteiger partial charge in [-0.05, 0) is 68.6 Å². The average Bonchev–Trinajstić information content (AvgIpc) is 2.94. The Morgan fingerprint density at radius 3 is 1.95 bits per heavy atom. The zero-order chi connectivity index (χ0) is 26.0. The van der Waals surface area contributed by atoms with Gasteiger partial charge in [0.1, 0.15) is 11.5 Å². The summed E-state index contributed by atoms with van der Waals surface area (Å²) in [6.45, 7) is 8.27. The maximum atomic E-state index is 5.91. The van der Waals surface area contributed by atoms with Gasteiger partial charge >= 0.3 is 0 Å².